The number of hydrogen-bond acceptors (Lipinski definition) is 3. The number of rotatable bonds is 8. The van der Waals surface area contributed by atoms with Crippen LogP contribution in [0.1, 0.15) is 54.4 Å². The van der Waals surface area contributed by atoms with Crippen molar-refractivity contribution in [3.63, 3.8) is 0 Å². The van der Waals surface area contributed by atoms with Gasteiger partial charge in [0.25, 0.3) is 0 Å². The van der Waals surface area contributed by atoms with Gasteiger partial charge in [-0.2, -0.15) is 0 Å². The third kappa shape index (κ3) is 4.82. The van der Waals surface area contributed by atoms with Crippen LogP contribution in [0.3, 0.4) is 0 Å². The van der Waals surface area contributed by atoms with Gasteiger partial charge in [-0.05, 0) is 0 Å². The number of allylic oxidation sites excluding steroid dienone is 4. The molecule has 0 atom stereocenters. The van der Waals surface area contributed by atoms with E-state index in [-0.39, 0.29) is 5.41 Å². The fourth-order valence-electron chi connectivity index (χ4n) is 2.57. The maximum absolute atomic E-state index is 6.08. The van der Waals surface area contributed by atoms with Crippen molar-refractivity contribution in [1.82, 2.24) is 0 Å². The molecule has 0 radical (unpaired) electrons. The summed E-state index contributed by atoms with van der Waals surface area (Å²) < 4.78 is 19.6. The molecule has 0 fully saturated rings. The second-order valence-electron chi connectivity index (χ2n) is 6.20. The first kappa shape index (κ1) is 18.1. The van der Waals surface area contributed by atoms with E-state index in [1.54, 1.807) is 0 Å². The molecule has 0 heterocycles. The van der Waals surface area contributed by atoms with Gasteiger partial charge in [0.2, 0.25) is 0 Å². The topological polar surface area (TPSA) is 27.7 Å². The average molecular weight is 318 g/mol. The Kier molecular flexibility index (Phi) is 7.16. The third-order valence-corrected chi connectivity index (χ3v) is 8.23. The summed E-state index contributed by atoms with van der Waals surface area (Å²) in [6.45, 7) is 14.8. The van der Waals surface area contributed by atoms with Gasteiger partial charge in [-0.1, -0.05) is 0 Å². The second-order valence-corrected chi connectivity index (χ2v) is 10.2. The Labute approximate surface area is 129 Å². The van der Waals surface area contributed by atoms with Crippen LogP contribution < -0.4 is 0 Å². The summed E-state index contributed by atoms with van der Waals surface area (Å²) in [5, 5.41) is 0. The molecule has 4 heteroatoms. The van der Waals surface area contributed by atoms with Gasteiger partial charge >= 0.3 is 129 Å². The zero-order valence-electron chi connectivity index (χ0n) is 13.9. The molecule has 0 saturated carbocycles. The minimum absolute atomic E-state index is 0.258. The molecule has 0 amide bonds. The molecule has 3 nitrogen and oxygen atoms in total. The van der Waals surface area contributed by atoms with Gasteiger partial charge in [0.05, 0.1) is 0 Å². The molecular formula is C16H30O3Ti. The van der Waals surface area contributed by atoms with Crippen molar-refractivity contribution in [1.29, 1.82) is 0 Å². The van der Waals surface area contributed by atoms with Crippen molar-refractivity contribution in [2.45, 2.75) is 54.4 Å². The van der Waals surface area contributed by atoms with E-state index in [0.29, 0.717) is 19.8 Å². The van der Waals surface area contributed by atoms with E-state index in [9.17, 15) is 0 Å². The molecule has 0 saturated heterocycles. The van der Waals surface area contributed by atoms with Crippen LogP contribution >= 0.6 is 0 Å². The summed E-state index contributed by atoms with van der Waals surface area (Å²) in [7, 11) is 0. The molecule has 0 aliphatic heterocycles. The molecule has 0 aromatic rings. The number of hydrogen-bond donors (Lipinski definition) is 0. The maximum atomic E-state index is 6.08. The van der Waals surface area contributed by atoms with E-state index < -0.39 is 17.8 Å². The summed E-state index contributed by atoms with van der Waals surface area (Å²) in [5.41, 5.74) is 1.63. The van der Waals surface area contributed by atoms with Crippen LogP contribution in [0.5, 0.6) is 0 Å². The molecule has 0 N–H and O–H groups in total. The zero-order valence-corrected chi connectivity index (χ0v) is 15.5. The van der Waals surface area contributed by atoms with Gasteiger partial charge in [-0.15, -0.1) is 0 Å². The van der Waals surface area contributed by atoms with Gasteiger partial charge < -0.3 is 0 Å². The molecule has 0 bridgehead atoms. The van der Waals surface area contributed by atoms with E-state index in [1.807, 2.05) is 20.8 Å². The van der Waals surface area contributed by atoms with Crippen molar-refractivity contribution in [2.75, 3.05) is 19.8 Å². The second kappa shape index (κ2) is 7.91. The Balaban J connectivity index is 3.12. The van der Waals surface area contributed by atoms with Crippen LogP contribution in [-0.4, -0.2) is 19.8 Å². The van der Waals surface area contributed by atoms with Gasteiger partial charge in [0.15, 0.2) is 0 Å². The van der Waals surface area contributed by atoms with E-state index in [1.165, 1.54) is 9.45 Å². The van der Waals surface area contributed by atoms with Gasteiger partial charge in [0.1, 0.15) is 0 Å². The van der Waals surface area contributed by atoms with E-state index in [4.69, 9.17) is 9.96 Å². The van der Waals surface area contributed by atoms with Crippen LogP contribution in [-0.2, 0) is 27.7 Å². The van der Waals surface area contributed by atoms with Crippen LogP contribution in [0.25, 0.3) is 0 Å². The first-order valence-electron chi connectivity index (χ1n) is 7.69. The van der Waals surface area contributed by atoms with Crippen LogP contribution in [0.15, 0.2) is 21.6 Å². The molecule has 20 heavy (non-hydrogen) atoms. The third-order valence-electron chi connectivity index (χ3n) is 3.12. The molecule has 1 aliphatic rings. The zero-order chi connectivity index (χ0) is 15.2. The van der Waals surface area contributed by atoms with E-state index >= 15 is 0 Å². The molecule has 1 rings (SSSR count). The van der Waals surface area contributed by atoms with Gasteiger partial charge in [-0.25, -0.2) is 0 Å². The molecule has 0 aromatic heterocycles. The van der Waals surface area contributed by atoms with Crippen LogP contribution in [0.4, 0.5) is 0 Å². The van der Waals surface area contributed by atoms with Crippen molar-refractivity contribution < 1.29 is 27.7 Å². The Morgan fingerprint density at radius 2 is 1.50 bits per heavy atom. The van der Waals surface area contributed by atoms with Crippen LogP contribution in [0, 0.1) is 5.41 Å². The molecule has 116 valence electrons. The quantitative estimate of drug-likeness (QED) is 0.610. The minimum atomic E-state index is -3.30. The molecule has 0 unspecified atom stereocenters. The normalized spacial score (nSPS) is 16.3. The SMILES string of the molecule is CC[O][Ti]([O]CC)([O]CC)[C]1=C(CC(C)(C)C)C=CC1. The Morgan fingerprint density at radius 1 is 1.00 bits per heavy atom. The molecule has 0 aromatic carbocycles. The standard InChI is InChI=1S/C10H15.3C2H5O.Ti/c1-10(2,3)8-9-6-4-5-7-9;3*1-2-3;/h4,6H,5,8H2,1-3H3;3*2H2,1H3;/q;3*-1;+3. The van der Waals surface area contributed by atoms with Crippen molar-refractivity contribution in [2.24, 2.45) is 5.41 Å². The van der Waals surface area contributed by atoms with E-state index in [0.717, 1.165) is 12.8 Å². The fraction of sp³-hybridized carbons (Fsp3) is 0.750. The van der Waals surface area contributed by atoms with Gasteiger partial charge in [-0.3, -0.25) is 0 Å². The summed E-state index contributed by atoms with van der Waals surface area (Å²) in [4.78, 5) is 0. The van der Waals surface area contributed by atoms with Crippen molar-refractivity contribution >= 4 is 0 Å². The Morgan fingerprint density at radius 3 is 1.90 bits per heavy atom. The fourth-order valence-corrected chi connectivity index (χ4v) is 7.01. The molecule has 0 spiro atoms. The summed E-state index contributed by atoms with van der Waals surface area (Å²) in [5.74, 6) is 0. The predicted molar refractivity (Wildman–Crippen MR) is 79.7 cm³/mol. The predicted octanol–water partition coefficient (Wildman–Crippen LogP) is 4.65. The first-order chi connectivity index (χ1) is 9.38. The summed E-state index contributed by atoms with van der Waals surface area (Å²) >= 11 is -3.30. The van der Waals surface area contributed by atoms with E-state index in [2.05, 4.69) is 32.9 Å². The molecular weight excluding hydrogens is 288 g/mol. The molecule has 1 aliphatic carbocycles. The average Bonchev–Trinajstić information content (AvgIpc) is 2.76. The Hall–Kier alpha value is 0.0743. The Bertz CT molecular complexity index is 349. The van der Waals surface area contributed by atoms with Crippen LogP contribution in [0.2, 0.25) is 0 Å². The summed E-state index contributed by atoms with van der Waals surface area (Å²) in [6, 6.07) is 0. The monoisotopic (exact) mass is 318 g/mol. The summed E-state index contributed by atoms with van der Waals surface area (Å²) in [6.07, 6.45) is 6.41. The van der Waals surface area contributed by atoms with Gasteiger partial charge in [0, 0.05) is 0 Å². The van der Waals surface area contributed by atoms with Crippen molar-refractivity contribution in [3.8, 4) is 0 Å². The van der Waals surface area contributed by atoms with Crippen molar-refractivity contribution in [3.05, 3.63) is 21.6 Å². The first-order valence-corrected chi connectivity index (χ1v) is 10.4.